The smallest absolute Gasteiger partial charge is 0.209 e. The highest BCUT2D eigenvalue weighted by Crippen LogP contribution is 2.10. The van der Waals surface area contributed by atoms with E-state index in [4.69, 9.17) is 0 Å². The number of thioether (sulfide) groups is 1. The second kappa shape index (κ2) is 7.13. The molecule has 6 heteroatoms. The van der Waals surface area contributed by atoms with Crippen molar-refractivity contribution < 1.29 is 0 Å². The third-order valence-electron chi connectivity index (χ3n) is 2.52. The molecule has 18 heavy (non-hydrogen) atoms. The van der Waals surface area contributed by atoms with Crippen molar-refractivity contribution in [3.8, 4) is 0 Å². The molecule has 0 amide bonds. The van der Waals surface area contributed by atoms with Crippen molar-refractivity contribution in [1.82, 2.24) is 25.5 Å². The van der Waals surface area contributed by atoms with Gasteiger partial charge in [-0.25, -0.2) is 4.68 Å². The number of benzene rings is 1. The topological polar surface area (TPSA) is 55.6 Å². The standard InChI is InChI=1S/C12H17N5S/c1-17-12(14-15-16-17)18-10-9-13-8-7-11-5-3-2-4-6-11/h2-6,13H,7-10H2,1H3. The zero-order chi connectivity index (χ0) is 12.6. The average molecular weight is 263 g/mol. The zero-order valence-electron chi connectivity index (χ0n) is 10.4. The van der Waals surface area contributed by atoms with Crippen LogP contribution in [0.1, 0.15) is 5.56 Å². The van der Waals surface area contributed by atoms with Crippen LogP contribution in [-0.2, 0) is 13.5 Å². The number of aryl methyl sites for hydroxylation is 1. The molecule has 96 valence electrons. The molecule has 0 aliphatic heterocycles. The maximum atomic E-state index is 3.92. The van der Waals surface area contributed by atoms with Crippen LogP contribution in [-0.4, -0.2) is 39.0 Å². The number of nitrogens with zero attached hydrogens (tertiary/aromatic N) is 4. The highest BCUT2D eigenvalue weighted by Gasteiger charge is 2.01. The summed E-state index contributed by atoms with van der Waals surface area (Å²) in [5.41, 5.74) is 1.37. The Morgan fingerprint density at radius 1 is 1.22 bits per heavy atom. The third kappa shape index (κ3) is 4.12. The van der Waals surface area contributed by atoms with E-state index in [9.17, 15) is 0 Å². The molecule has 0 radical (unpaired) electrons. The fourth-order valence-electron chi connectivity index (χ4n) is 1.56. The van der Waals surface area contributed by atoms with E-state index in [2.05, 4.69) is 45.1 Å². The van der Waals surface area contributed by atoms with Gasteiger partial charge in [-0.2, -0.15) is 0 Å². The SMILES string of the molecule is Cn1nnnc1SCCNCCc1ccccc1. The van der Waals surface area contributed by atoms with Crippen molar-refractivity contribution in [2.24, 2.45) is 7.05 Å². The predicted molar refractivity (Wildman–Crippen MR) is 72.5 cm³/mol. The number of hydrogen-bond acceptors (Lipinski definition) is 5. The second-order valence-electron chi connectivity index (χ2n) is 3.92. The van der Waals surface area contributed by atoms with Crippen LogP contribution >= 0.6 is 11.8 Å². The molecule has 0 spiro atoms. The second-order valence-corrected chi connectivity index (χ2v) is 4.98. The molecule has 0 saturated carbocycles. The Hall–Kier alpha value is -1.40. The molecule has 1 aromatic heterocycles. The van der Waals surface area contributed by atoms with E-state index in [0.29, 0.717) is 0 Å². The van der Waals surface area contributed by atoms with Crippen molar-refractivity contribution in [3.05, 3.63) is 35.9 Å². The quantitative estimate of drug-likeness (QED) is 0.599. The normalized spacial score (nSPS) is 10.7. The number of hydrogen-bond donors (Lipinski definition) is 1. The Morgan fingerprint density at radius 3 is 2.78 bits per heavy atom. The molecule has 0 unspecified atom stereocenters. The minimum absolute atomic E-state index is 0.861. The minimum atomic E-state index is 0.861. The van der Waals surface area contributed by atoms with Gasteiger partial charge in [0.05, 0.1) is 0 Å². The Balaban J connectivity index is 1.56. The van der Waals surface area contributed by atoms with Gasteiger partial charge in [0, 0.05) is 19.3 Å². The molecule has 5 nitrogen and oxygen atoms in total. The average Bonchev–Trinajstić information content (AvgIpc) is 2.81. The summed E-state index contributed by atoms with van der Waals surface area (Å²) in [6.45, 7) is 1.96. The highest BCUT2D eigenvalue weighted by molar-refractivity contribution is 7.99. The highest BCUT2D eigenvalue weighted by atomic mass is 32.2. The Bertz CT molecular complexity index is 457. The van der Waals surface area contributed by atoms with Crippen LogP contribution in [0.3, 0.4) is 0 Å². The van der Waals surface area contributed by atoms with Crippen molar-refractivity contribution >= 4 is 11.8 Å². The molecular formula is C12H17N5S. The molecule has 0 aliphatic carbocycles. The van der Waals surface area contributed by atoms with Gasteiger partial charge in [0.25, 0.3) is 0 Å². The van der Waals surface area contributed by atoms with Crippen molar-refractivity contribution in [2.45, 2.75) is 11.6 Å². The number of rotatable bonds is 7. The number of aromatic nitrogens is 4. The first-order valence-corrected chi connectivity index (χ1v) is 6.94. The van der Waals surface area contributed by atoms with Gasteiger partial charge in [-0.05, 0) is 29.0 Å². The van der Waals surface area contributed by atoms with Crippen molar-refractivity contribution in [1.29, 1.82) is 0 Å². The fourth-order valence-corrected chi connectivity index (χ4v) is 2.31. The van der Waals surface area contributed by atoms with Crippen LogP contribution in [0.2, 0.25) is 0 Å². The summed E-state index contributed by atoms with van der Waals surface area (Å²) in [5.74, 6) is 0.975. The first-order chi connectivity index (χ1) is 8.86. The van der Waals surface area contributed by atoms with Crippen molar-refractivity contribution in [2.75, 3.05) is 18.8 Å². The van der Waals surface area contributed by atoms with E-state index in [1.165, 1.54) is 5.56 Å². The lowest BCUT2D eigenvalue weighted by atomic mass is 10.1. The first-order valence-electron chi connectivity index (χ1n) is 5.96. The summed E-state index contributed by atoms with van der Waals surface area (Å²) < 4.78 is 1.69. The molecule has 1 aromatic carbocycles. The molecule has 1 heterocycles. The molecule has 2 aromatic rings. The first kappa shape index (κ1) is 13.0. The van der Waals surface area contributed by atoms with Gasteiger partial charge < -0.3 is 5.32 Å². The summed E-state index contributed by atoms with van der Waals surface area (Å²) in [4.78, 5) is 0. The Morgan fingerprint density at radius 2 is 2.06 bits per heavy atom. The largest absolute Gasteiger partial charge is 0.316 e. The van der Waals surface area contributed by atoms with Crippen LogP contribution in [0.15, 0.2) is 35.5 Å². The number of nitrogens with one attached hydrogen (secondary N) is 1. The van der Waals surface area contributed by atoms with Gasteiger partial charge in [-0.15, -0.1) is 5.10 Å². The minimum Gasteiger partial charge on any atom is -0.316 e. The van der Waals surface area contributed by atoms with Gasteiger partial charge >= 0.3 is 0 Å². The molecule has 0 bridgehead atoms. The van der Waals surface area contributed by atoms with Crippen LogP contribution < -0.4 is 5.32 Å². The maximum absolute atomic E-state index is 3.92. The van der Waals surface area contributed by atoms with Gasteiger partial charge in [0.2, 0.25) is 5.16 Å². The van der Waals surface area contributed by atoms with Gasteiger partial charge in [-0.3, -0.25) is 0 Å². The monoisotopic (exact) mass is 263 g/mol. The molecule has 0 atom stereocenters. The summed E-state index contributed by atoms with van der Waals surface area (Å²) in [6, 6.07) is 10.5. The lowest BCUT2D eigenvalue weighted by Gasteiger charge is -2.04. The molecular weight excluding hydrogens is 246 g/mol. The van der Waals surface area contributed by atoms with Crippen LogP contribution in [0.5, 0.6) is 0 Å². The molecule has 0 fully saturated rings. The van der Waals surface area contributed by atoms with Crippen LogP contribution in [0.4, 0.5) is 0 Å². The van der Waals surface area contributed by atoms with E-state index in [1.54, 1.807) is 16.4 Å². The fraction of sp³-hybridized carbons (Fsp3) is 0.417. The van der Waals surface area contributed by atoms with E-state index in [-0.39, 0.29) is 0 Å². The molecule has 2 rings (SSSR count). The Labute approximate surface area is 111 Å². The van der Waals surface area contributed by atoms with E-state index in [1.807, 2.05) is 13.1 Å². The zero-order valence-corrected chi connectivity index (χ0v) is 11.2. The molecule has 0 aliphatic rings. The van der Waals surface area contributed by atoms with Gasteiger partial charge in [0.15, 0.2) is 0 Å². The summed E-state index contributed by atoms with van der Waals surface area (Å²) in [7, 11) is 1.85. The Kier molecular flexibility index (Phi) is 5.16. The van der Waals surface area contributed by atoms with E-state index in [0.717, 1.165) is 30.4 Å². The van der Waals surface area contributed by atoms with Gasteiger partial charge in [0.1, 0.15) is 0 Å². The van der Waals surface area contributed by atoms with Gasteiger partial charge in [-0.1, -0.05) is 42.1 Å². The van der Waals surface area contributed by atoms with E-state index < -0.39 is 0 Å². The van der Waals surface area contributed by atoms with Crippen LogP contribution in [0.25, 0.3) is 0 Å². The van der Waals surface area contributed by atoms with Crippen LogP contribution in [0, 0.1) is 0 Å². The van der Waals surface area contributed by atoms with E-state index >= 15 is 0 Å². The number of tetrazole rings is 1. The third-order valence-corrected chi connectivity index (χ3v) is 3.54. The summed E-state index contributed by atoms with van der Waals surface area (Å²) >= 11 is 1.66. The predicted octanol–water partition coefficient (Wildman–Crippen LogP) is 1.13. The maximum Gasteiger partial charge on any atom is 0.209 e. The lowest BCUT2D eigenvalue weighted by Crippen LogP contribution is -2.20. The molecule has 0 saturated heterocycles. The lowest BCUT2D eigenvalue weighted by molar-refractivity contribution is 0.663. The molecule has 1 N–H and O–H groups in total. The summed E-state index contributed by atoms with van der Waals surface area (Å²) in [6.07, 6.45) is 1.07. The van der Waals surface area contributed by atoms with Crippen molar-refractivity contribution in [3.63, 3.8) is 0 Å². The summed E-state index contributed by atoms with van der Waals surface area (Å²) in [5, 5.41) is 15.6.